The van der Waals surface area contributed by atoms with Gasteiger partial charge in [-0.1, -0.05) is 74.3 Å². The molecule has 3 unspecified atom stereocenters. The zero-order valence-electron chi connectivity index (χ0n) is 17.3. The van der Waals surface area contributed by atoms with Gasteiger partial charge in [-0.2, -0.15) is 0 Å². The van der Waals surface area contributed by atoms with Crippen LogP contribution in [0.3, 0.4) is 0 Å². The van der Waals surface area contributed by atoms with Gasteiger partial charge in [-0.05, 0) is 42.0 Å². The van der Waals surface area contributed by atoms with E-state index in [2.05, 4.69) is 0 Å². The maximum Gasteiger partial charge on any atom is 0.407 e. The summed E-state index contributed by atoms with van der Waals surface area (Å²) in [5, 5.41) is 10.8. The second kappa shape index (κ2) is 9.56. The van der Waals surface area contributed by atoms with Gasteiger partial charge in [-0.3, -0.25) is 0 Å². The van der Waals surface area contributed by atoms with Crippen molar-refractivity contribution in [2.24, 2.45) is 5.41 Å². The van der Waals surface area contributed by atoms with Gasteiger partial charge in [0.1, 0.15) is 6.10 Å². The molecule has 5 nitrogen and oxygen atoms in total. The highest BCUT2D eigenvalue weighted by molar-refractivity contribution is 6.31. The van der Waals surface area contributed by atoms with E-state index in [0.29, 0.717) is 29.4 Å². The molecule has 30 heavy (non-hydrogen) atoms. The molecule has 1 amide bonds. The van der Waals surface area contributed by atoms with Crippen molar-refractivity contribution in [1.29, 1.82) is 0 Å². The number of hydrogen-bond acceptors (Lipinski definition) is 3. The summed E-state index contributed by atoms with van der Waals surface area (Å²) in [5.41, 5.74) is 1.44. The molecule has 2 aromatic carbocycles. The number of carbonyl (C=O) groups is 1. The van der Waals surface area contributed by atoms with Crippen LogP contribution < -0.4 is 0 Å². The van der Waals surface area contributed by atoms with Gasteiger partial charge in [-0.25, -0.2) is 14.6 Å². The number of hydrogen-bond donors (Lipinski definition) is 1. The largest absolute Gasteiger partial charge is 0.465 e. The maximum absolute atomic E-state index is 11.6. The Kier molecular flexibility index (Phi) is 7.30. The summed E-state index contributed by atoms with van der Waals surface area (Å²) in [4.78, 5) is 25.0. The smallest absolute Gasteiger partial charge is 0.407 e. The Balaban J connectivity index is 1.78. The van der Waals surface area contributed by atoms with E-state index in [4.69, 9.17) is 33.0 Å². The van der Waals surface area contributed by atoms with Gasteiger partial charge in [0.15, 0.2) is 0 Å². The second-order valence-corrected chi connectivity index (χ2v) is 9.49. The molecule has 1 fully saturated rings. The van der Waals surface area contributed by atoms with Gasteiger partial charge in [0.2, 0.25) is 0 Å². The lowest BCUT2D eigenvalue weighted by Crippen LogP contribution is -2.53. The van der Waals surface area contributed by atoms with Crippen LogP contribution in [0, 0.1) is 5.41 Å². The zero-order valence-corrected chi connectivity index (χ0v) is 18.9. The second-order valence-electron chi connectivity index (χ2n) is 8.65. The fourth-order valence-electron chi connectivity index (χ4n) is 3.82. The lowest BCUT2D eigenvalue weighted by Gasteiger charge is -2.44. The Bertz CT molecular complexity index is 866. The van der Waals surface area contributed by atoms with Crippen molar-refractivity contribution in [3.05, 3.63) is 69.7 Å². The molecule has 1 saturated heterocycles. The number of amides is 1. The predicted molar refractivity (Wildman–Crippen MR) is 118 cm³/mol. The fraction of sp³-hybridized carbons (Fsp3) is 0.435. The van der Waals surface area contributed by atoms with Crippen LogP contribution in [-0.2, 0) is 9.78 Å². The summed E-state index contributed by atoms with van der Waals surface area (Å²) < 4.78 is 0. The zero-order chi connectivity index (χ0) is 21.9. The molecular formula is C23H27Cl2NO4. The molecule has 7 heteroatoms. The number of benzene rings is 2. The maximum atomic E-state index is 11.6. The van der Waals surface area contributed by atoms with Crippen molar-refractivity contribution >= 4 is 29.3 Å². The quantitative estimate of drug-likeness (QED) is 0.411. The molecule has 3 atom stereocenters. The SMILES string of the molecule is CC(C)(C)C1CC(OOC(c2ccc(Cl)cc2)c2ccccc2Cl)CCN1C(=O)O. The number of nitrogens with zero attached hydrogens (tertiary/aromatic N) is 1. The average Bonchev–Trinajstić information content (AvgIpc) is 2.69. The average molecular weight is 452 g/mol. The van der Waals surface area contributed by atoms with Crippen LogP contribution in [0.2, 0.25) is 10.0 Å². The Labute approximate surface area is 187 Å². The molecule has 162 valence electrons. The van der Waals surface area contributed by atoms with Gasteiger partial charge < -0.3 is 10.0 Å². The Morgan fingerprint density at radius 3 is 2.40 bits per heavy atom. The van der Waals surface area contributed by atoms with Crippen LogP contribution in [0.15, 0.2) is 48.5 Å². The lowest BCUT2D eigenvalue weighted by atomic mass is 9.80. The van der Waals surface area contributed by atoms with Crippen molar-refractivity contribution in [3.8, 4) is 0 Å². The van der Waals surface area contributed by atoms with E-state index in [1.165, 1.54) is 4.90 Å². The first-order valence-electron chi connectivity index (χ1n) is 9.98. The minimum Gasteiger partial charge on any atom is -0.465 e. The van der Waals surface area contributed by atoms with Crippen LogP contribution in [0.5, 0.6) is 0 Å². The highest BCUT2D eigenvalue weighted by Gasteiger charge is 2.39. The van der Waals surface area contributed by atoms with Gasteiger partial charge in [0, 0.05) is 28.2 Å². The minimum absolute atomic E-state index is 0.161. The van der Waals surface area contributed by atoms with Crippen LogP contribution >= 0.6 is 23.2 Å². The molecular weight excluding hydrogens is 425 g/mol. The van der Waals surface area contributed by atoms with Crippen molar-refractivity contribution < 1.29 is 19.7 Å². The van der Waals surface area contributed by atoms with E-state index in [1.807, 2.05) is 57.2 Å². The molecule has 0 spiro atoms. The summed E-state index contributed by atoms with van der Waals surface area (Å²) in [7, 11) is 0. The van der Waals surface area contributed by atoms with Crippen LogP contribution in [0.1, 0.15) is 50.8 Å². The number of piperidine rings is 1. The molecule has 0 aromatic heterocycles. The first-order chi connectivity index (χ1) is 14.2. The molecule has 0 saturated carbocycles. The topological polar surface area (TPSA) is 59.0 Å². The molecule has 0 bridgehead atoms. The van der Waals surface area contributed by atoms with Gasteiger partial charge in [0.25, 0.3) is 0 Å². The third kappa shape index (κ3) is 5.46. The van der Waals surface area contributed by atoms with Crippen LogP contribution in [0.25, 0.3) is 0 Å². The first-order valence-corrected chi connectivity index (χ1v) is 10.7. The van der Waals surface area contributed by atoms with Crippen molar-refractivity contribution in [1.82, 2.24) is 4.90 Å². The standard InChI is InChI=1S/C23H27Cl2NO4/c1-23(2,3)20-14-17(12-13-26(20)22(27)28)29-30-21(15-8-10-16(24)11-9-15)18-6-4-5-7-19(18)25/h4-11,17,20-21H,12-14H2,1-3H3,(H,27,28). The third-order valence-corrected chi connectivity index (χ3v) is 6.04. The lowest BCUT2D eigenvalue weighted by molar-refractivity contribution is -0.353. The molecule has 0 radical (unpaired) electrons. The number of rotatable bonds is 5. The number of halogens is 2. The van der Waals surface area contributed by atoms with Crippen molar-refractivity contribution in [2.75, 3.05) is 6.54 Å². The molecule has 1 N–H and O–H groups in total. The van der Waals surface area contributed by atoms with E-state index in [-0.39, 0.29) is 17.6 Å². The van der Waals surface area contributed by atoms with E-state index in [0.717, 1.165) is 11.1 Å². The summed E-state index contributed by atoms with van der Waals surface area (Å²) in [5.74, 6) is 0. The molecule has 2 aromatic rings. The van der Waals surface area contributed by atoms with Crippen molar-refractivity contribution in [2.45, 2.75) is 51.9 Å². The summed E-state index contributed by atoms with van der Waals surface area (Å²) in [6.45, 7) is 6.52. The first kappa shape index (κ1) is 22.9. The third-order valence-electron chi connectivity index (χ3n) is 5.45. The van der Waals surface area contributed by atoms with E-state index in [9.17, 15) is 9.90 Å². The molecule has 1 aliphatic rings. The summed E-state index contributed by atoms with van der Waals surface area (Å²) in [6.07, 6.45) is -0.520. The summed E-state index contributed by atoms with van der Waals surface area (Å²) in [6, 6.07) is 14.7. The van der Waals surface area contributed by atoms with E-state index >= 15 is 0 Å². The highest BCUT2D eigenvalue weighted by atomic mass is 35.5. The Morgan fingerprint density at radius 1 is 1.13 bits per heavy atom. The molecule has 3 rings (SSSR count). The molecule has 0 aliphatic carbocycles. The van der Waals surface area contributed by atoms with Gasteiger partial charge in [-0.15, -0.1) is 0 Å². The minimum atomic E-state index is -0.899. The Morgan fingerprint density at radius 2 is 1.80 bits per heavy atom. The van der Waals surface area contributed by atoms with Crippen LogP contribution in [0.4, 0.5) is 4.79 Å². The number of likely N-dealkylation sites (tertiary alicyclic amines) is 1. The molecule has 1 heterocycles. The van der Waals surface area contributed by atoms with Gasteiger partial charge >= 0.3 is 6.09 Å². The normalized spacial score (nSPS) is 20.8. The van der Waals surface area contributed by atoms with Gasteiger partial charge in [0.05, 0.1) is 6.10 Å². The van der Waals surface area contributed by atoms with Crippen LogP contribution in [-0.4, -0.2) is 34.8 Å². The summed E-state index contributed by atoms with van der Waals surface area (Å²) >= 11 is 12.5. The fourth-order valence-corrected chi connectivity index (χ4v) is 4.18. The van der Waals surface area contributed by atoms with Crippen molar-refractivity contribution in [3.63, 3.8) is 0 Å². The van der Waals surface area contributed by atoms with E-state index in [1.54, 1.807) is 12.1 Å². The predicted octanol–water partition coefficient (Wildman–Crippen LogP) is 6.59. The Hall–Kier alpha value is -1.79. The number of carboxylic acid groups (broad SMARTS) is 1. The molecule has 1 aliphatic heterocycles. The monoisotopic (exact) mass is 451 g/mol. The highest BCUT2D eigenvalue weighted by Crippen LogP contribution is 2.36. The van der Waals surface area contributed by atoms with E-state index < -0.39 is 12.2 Å².